The Labute approximate surface area is 377 Å². The lowest BCUT2D eigenvalue weighted by molar-refractivity contribution is -0.352. The first-order valence-corrected chi connectivity index (χ1v) is 23.3. The second-order valence-corrected chi connectivity index (χ2v) is 20.2. The third kappa shape index (κ3) is 8.07. The van der Waals surface area contributed by atoms with Crippen LogP contribution < -0.4 is 0 Å². The summed E-state index contributed by atoms with van der Waals surface area (Å²) in [5.74, 6) is -1.10. The number of aliphatic hydroxyl groups excluding tert-OH is 3. The highest BCUT2D eigenvalue weighted by atomic mass is 16.8. The maximum absolute atomic E-state index is 12.8. The van der Waals surface area contributed by atoms with E-state index in [0.717, 1.165) is 5.57 Å². The zero-order valence-electron chi connectivity index (χ0n) is 39.5. The monoisotopic (exact) mass is 913 g/mol. The van der Waals surface area contributed by atoms with Gasteiger partial charge in [-0.2, -0.15) is 0 Å². The van der Waals surface area contributed by atoms with E-state index in [1.807, 2.05) is 19.9 Å². The Bertz CT molecular complexity index is 1730. The molecule has 0 spiro atoms. The molecule has 4 aliphatic carbocycles. The van der Waals surface area contributed by atoms with Crippen LogP contribution in [-0.2, 0) is 52.2 Å². The van der Waals surface area contributed by atoms with Crippen LogP contribution >= 0.6 is 0 Å². The molecule has 22 atom stereocenters. The molecule has 0 aromatic heterocycles. The third-order valence-electron chi connectivity index (χ3n) is 17.2. The molecule has 17 heteroatoms. The predicted octanol–water partition coefficient (Wildman–Crippen LogP) is 2.72. The highest BCUT2D eigenvalue weighted by Gasteiger charge is 2.80. The number of fused-ring (bicyclic) bond motifs is 5. The van der Waals surface area contributed by atoms with Crippen LogP contribution in [0.5, 0.6) is 0 Å². The fourth-order valence-corrected chi connectivity index (χ4v) is 12.9. The lowest BCUT2D eigenvalue weighted by Crippen LogP contribution is -2.78. The van der Waals surface area contributed by atoms with E-state index >= 15 is 0 Å². The van der Waals surface area contributed by atoms with Gasteiger partial charge in [-0.05, 0) is 91.9 Å². The molecule has 22 unspecified atom stereocenters. The van der Waals surface area contributed by atoms with E-state index in [-0.39, 0.29) is 31.8 Å². The Morgan fingerprint density at radius 1 is 0.797 bits per heavy atom. The number of methoxy groups -OCH3 is 3. The van der Waals surface area contributed by atoms with Crippen molar-refractivity contribution in [1.29, 1.82) is 0 Å². The van der Waals surface area contributed by atoms with E-state index in [0.29, 0.717) is 37.7 Å². The molecular weight excluding hydrogens is 836 g/mol. The van der Waals surface area contributed by atoms with Crippen LogP contribution in [0.25, 0.3) is 0 Å². The molecule has 0 aromatic carbocycles. The van der Waals surface area contributed by atoms with Gasteiger partial charge < -0.3 is 78.0 Å². The lowest BCUT2D eigenvalue weighted by Gasteiger charge is -2.67. The molecule has 7 rings (SSSR count). The normalized spacial score (nSPS) is 51.3. The summed E-state index contributed by atoms with van der Waals surface area (Å²) < 4.78 is 60.9. The van der Waals surface area contributed by atoms with Crippen molar-refractivity contribution < 1.29 is 82.8 Å². The number of allylic oxidation sites excluding steroid dienone is 1. The molecule has 6 fully saturated rings. The van der Waals surface area contributed by atoms with Crippen molar-refractivity contribution in [3.05, 3.63) is 23.3 Å². The van der Waals surface area contributed by atoms with Gasteiger partial charge in [-0.25, -0.2) is 4.79 Å². The van der Waals surface area contributed by atoms with Crippen LogP contribution in [0.15, 0.2) is 23.3 Å². The Balaban J connectivity index is 0.976. The average molecular weight is 913 g/mol. The van der Waals surface area contributed by atoms with Crippen molar-refractivity contribution >= 4 is 5.97 Å². The quantitative estimate of drug-likeness (QED) is 0.0939. The second-order valence-electron chi connectivity index (χ2n) is 20.2. The summed E-state index contributed by atoms with van der Waals surface area (Å²) in [5, 5.41) is 71.2. The number of rotatable bonds is 12. The van der Waals surface area contributed by atoms with Gasteiger partial charge in [0, 0.05) is 45.7 Å². The zero-order valence-corrected chi connectivity index (χ0v) is 39.5. The standard InChI is InChI=1S/C47H76O17/c1-12-23(2)41(51)61-27(6)45(52)17-18-47(54)44(45,8)33(48)22-32-43(7)15-14-29(19-28(43)13-16-46(32,47)53)62-34-20-30(55-9)38(25(4)58-34)63-35-21-31(56-10)39(26(5)59-35)64-42-37(50)40(57-11)36(49)24(3)60-42/h12-13,24-27,29-40,42,48-50,52-54H,14-22H2,1-11H3. The number of hydrogen-bond acceptors (Lipinski definition) is 17. The molecule has 3 heterocycles. The average Bonchev–Trinajstić information content (AvgIpc) is 3.49. The Kier molecular flexibility index (Phi) is 14.7. The molecule has 7 aliphatic rings. The van der Waals surface area contributed by atoms with Crippen LogP contribution in [0, 0.1) is 16.7 Å². The molecule has 64 heavy (non-hydrogen) atoms. The molecule has 0 aromatic rings. The van der Waals surface area contributed by atoms with Crippen LogP contribution in [-0.4, -0.2) is 173 Å². The first kappa shape index (κ1) is 50.2. The molecule has 6 N–H and O–H groups in total. The summed E-state index contributed by atoms with van der Waals surface area (Å²) in [6.07, 6.45) is -5.05. The van der Waals surface area contributed by atoms with Crippen LogP contribution in [0.2, 0.25) is 0 Å². The van der Waals surface area contributed by atoms with Crippen molar-refractivity contribution in [3.8, 4) is 0 Å². The molecule has 366 valence electrons. The summed E-state index contributed by atoms with van der Waals surface area (Å²) in [4.78, 5) is 12.8. The van der Waals surface area contributed by atoms with E-state index in [4.69, 9.17) is 47.4 Å². The van der Waals surface area contributed by atoms with Crippen LogP contribution in [0.4, 0.5) is 0 Å². The zero-order chi connectivity index (χ0) is 46.9. The molecule has 0 bridgehead atoms. The first-order chi connectivity index (χ1) is 30.1. The maximum atomic E-state index is 12.8. The molecule has 0 amide bonds. The molecule has 3 saturated carbocycles. The SMILES string of the molecule is CC=C(C)C(=O)OC(C)C1(O)CCC2(O)C3(O)CC=C4CC(OC5CC(OC)C(OC6CC(OC)C(OC7OC(C)C(O)C(OC)C7O)C(C)O6)C(C)O5)CCC4(C)C3CC(O)C12C. The fraction of sp³-hybridized carbons (Fsp3) is 0.894. The number of esters is 1. The fourth-order valence-electron chi connectivity index (χ4n) is 12.9. The number of carbonyl (C=O) groups is 1. The summed E-state index contributed by atoms with van der Waals surface area (Å²) in [6.45, 7) is 14.1. The van der Waals surface area contributed by atoms with Gasteiger partial charge in [0.25, 0.3) is 0 Å². The third-order valence-corrected chi connectivity index (χ3v) is 17.2. The van der Waals surface area contributed by atoms with E-state index in [2.05, 4.69) is 6.92 Å². The molecule has 3 aliphatic heterocycles. The van der Waals surface area contributed by atoms with Crippen molar-refractivity contribution in [1.82, 2.24) is 0 Å². The van der Waals surface area contributed by atoms with Crippen LogP contribution in [0.3, 0.4) is 0 Å². The first-order valence-electron chi connectivity index (χ1n) is 23.3. The number of hydrogen-bond donors (Lipinski definition) is 6. The Hall–Kier alpha value is -1.65. The number of ether oxygens (including phenoxy) is 10. The van der Waals surface area contributed by atoms with E-state index < -0.39 is 132 Å². The lowest BCUT2D eigenvalue weighted by atomic mass is 9.42. The summed E-state index contributed by atoms with van der Waals surface area (Å²) in [7, 11) is 4.62. The summed E-state index contributed by atoms with van der Waals surface area (Å²) in [6, 6.07) is 0. The molecular formula is C47H76O17. The van der Waals surface area contributed by atoms with E-state index in [1.165, 1.54) is 7.11 Å². The number of aliphatic hydroxyl groups is 6. The topological polar surface area (TPSA) is 231 Å². The number of carbonyl (C=O) groups excluding carboxylic acids is 1. The van der Waals surface area contributed by atoms with Crippen molar-refractivity contribution in [3.63, 3.8) is 0 Å². The second kappa shape index (κ2) is 18.7. The Morgan fingerprint density at radius 3 is 2.00 bits per heavy atom. The molecule has 3 saturated heterocycles. The van der Waals surface area contributed by atoms with Gasteiger partial charge in [0.15, 0.2) is 18.9 Å². The highest BCUT2D eigenvalue weighted by molar-refractivity contribution is 5.87. The van der Waals surface area contributed by atoms with Gasteiger partial charge >= 0.3 is 5.97 Å². The van der Waals surface area contributed by atoms with Crippen molar-refractivity contribution in [2.45, 2.75) is 228 Å². The minimum atomic E-state index is -1.88. The largest absolute Gasteiger partial charge is 0.456 e. The van der Waals surface area contributed by atoms with Gasteiger partial charge in [0.2, 0.25) is 0 Å². The van der Waals surface area contributed by atoms with E-state index in [1.54, 1.807) is 54.9 Å². The van der Waals surface area contributed by atoms with Gasteiger partial charge in [-0.1, -0.05) is 31.6 Å². The van der Waals surface area contributed by atoms with Crippen molar-refractivity contribution in [2.24, 2.45) is 16.7 Å². The molecule has 17 nitrogen and oxygen atoms in total. The highest BCUT2D eigenvalue weighted by Crippen LogP contribution is 2.71. The van der Waals surface area contributed by atoms with Gasteiger partial charge in [0.05, 0.1) is 48.1 Å². The Morgan fingerprint density at radius 2 is 1.41 bits per heavy atom. The predicted molar refractivity (Wildman–Crippen MR) is 227 cm³/mol. The van der Waals surface area contributed by atoms with Gasteiger partial charge in [0.1, 0.15) is 53.4 Å². The summed E-state index contributed by atoms with van der Waals surface area (Å²) >= 11 is 0. The van der Waals surface area contributed by atoms with Gasteiger partial charge in [-0.3, -0.25) is 0 Å². The minimum Gasteiger partial charge on any atom is -0.456 e. The van der Waals surface area contributed by atoms with E-state index in [9.17, 15) is 35.4 Å². The molecule has 0 radical (unpaired) electrons. The smallest absolute Gasteiger partial charge is 0.333 e. The van der Waals surface area contributed by atoms with Gasteiger partial charge in [-0.15, -0.1) is 0 Å². The minimum absolute atomic E-state index is 0.0261. The summed E-state index contributed by atoms with van der Waals surface area (Å²) in [5.41, 5.74) is -6.03. The maximum Gasteiger partial charge on any atom is 0.333 e. The van der Waals surface area contributed by atoms with Crippen LogP contribution in [0.1, 0.15) is 113 Å². The van der Waals surface area contributed by atoms with Crippen molar-refractivity contribution in [2.75, 3.05) is 21.3 Å².